The van der Waals surface area contributed by atoms with E-state index in [1.54, 1.807) is 61.6 Å². The third-order valence-corrected chi connectivity index (χ3v) is 15.0. The van der Waals surface area contributed by atoms with Crippen LogP contribution in [-0.2, 0) is 43.4 Å². The molecule has 0 fully saturated rings. The fraction of sp³-hybridized carbons (Fsp3) is 0.200. The lowest BCUT2D eigenvalue weighted by atomic mass is 10.0. The van der Waals surface area contributed by atoms with Gasteiger partial charge in [-0.15, -0.1) is 46.2 Å². The number of hydrogen-bond donors (Lipinski definition) is 0. The number of carbonyl (C=O) groups is 4. The van der Waals surface area contributed by atoms with Crippen LogP contribution in [0.1, 0.15) is 77.7 Å². The minimum absolute atomic E-state index is 0.0343. The largest absolute Gasteiger partial charge is 0.466 e. The van der Waals surface area contributed by atoms with Crippen LogP contribution in [0.5, 0.6) is 0 Å². The molecule has 0 saturated heterocycles. The minimum Gasteiger partial charge on any atom is -0.466 e. The molecule has 4 heterocycles. The zero-order chi connectivity index (χ0) is 43.6. The molecule has 0 aliphatic heterocycles. The van der Waals surface area contributed by atoms with Gasteiger partial charge in [-0.3, -0.25) is 19.2 Å². The second-order valence-electron chi connectivity index (χ2n) is 14.4. The summed E-state index contributed by atoms with van der Waals surface area (Å²) in [6.45, 7) is 8.09. The second-order valence-corrected chi connectivity index (χ2v) is 18.9. The topological polar surface area (TPSA) is 94.5 Å². The number of pyridine rings is 2. The van der Waals surface area contributed by atoms with Crippen LogP contribution in [0.15, 0.2) is 142 Å². The lowest BCUT2D eigenvalue weighted by molar-refractivity contribution is -0.598. The highest BCUT2D eigenvalue weighted by atomic mass is 32.2. The van der Waals surface area contributed by atoms with Crippen LogP contribution < -0.4 is 9.13 Å². The fourth-order valence-corrected chi connectivity index (χ4v) is 11.9. The van der Waals surface area contributed by atoms with Crippen LogP contribution >= 0.6 is 46.2 Å². The molecule has 0 bridgehead atoms. The molecule has 62 heavy (non-hydrogen) atoms. The number of aromatic nitrogens is 2. The molecule has 314 valence electrons. The van der Waals surface area contributed by atoms with Gasteiger partial charge in [-0.25, -0.2) is 0 Å². The quantitative estimate of drug-likeness (QED) is 0.0364. The van der Waals surface area contributed by atoms with Gasteiger partial charge in [-0.2, -0.15) is 9.13 Å². The number of rotatable bonds is 18. The molecule has 0 saturated carbocycles. The number of carbonyl (C=O) groups excluding carboxylic acids is 4. The first-order chi connectivity index (χ1) is 30.1. The number of benzene rings is 3. The molecule has 0 unspecified atom stereocenters. The van der Waals surface area contributed by atoms with Crippen molar-refractivity contribution in [2.24, 2.45) is 0 Å². The molecule has 0 spiro atoms. The van der Waals surface area contributed by atoms with Gasteiger partial charge in [0, 0.05) is 46.9 Å². The van der Waals surface area contributed by atoms with Gasteiger partial charge >= 0.3 is 11.9 Å². The highest BCUT2D eigenvalue weighted by Crippen LogP contribution is 2.42. The first-order valence-corrected chi connectivity index (χ1v) is 23.9. The van der Waals surface area contributed by atoms with Crippen molar-refractivity contribution in [1.82, 2.24) is 0 Å². The van der Waals surface area contributed by atoms with Crippen molar-refractivity contribution in [3.63, 3.8) is 0 Å². The Hall–Kier alpha value is -5.66. The van der Waals surface area contributed by atoms with E-state index in [2.05, 4.69) is 18.2 Å². The highest BCUT2D eigenvalue weighted by molar-refractivity contribution is 8.00. The maximum atomic E-state index is 14.1. The predicted molar refractivity (Wildman–Crippen MR) is 247 cm³/mol. The highest BCUT2D eigenvalue weighted by Gasteiger charge is 2.33. The van der Waals surface area contributed by atoms with Crippen LogP contribution in [0.25, 0.3) is 11.4 Å². The van der Waals surface area contributed by atoms with Crippen molar-refractivity contribution in [1.29, 1.82) is 0 Å². The normalized spacial score (nSPS) is 11.0. The van der Waals surface area contributed by atoms with E-state index in [-0.39, 0.29) is 49.6 Å². The van der Waals surface area contributed by atoms with E-state index >= 15 is 0 Å². The van der Waals surface area contributed by atoms with Gasteiger partial charge in [-0.1, -0.05) is 84.9 Å². The Morgan fingerprint density at radius 3 is 1.29 bits per heavy atom. The van der Waals surface area contributed by atoms with Crippen molar-refractivity contribution in [2.75, 3.05) is 13.2 Å². The van der Waals surface area contributed by atoms with Gasteiger partial charge in [0.05, 0.1) is 46.9 Å². The summed E-state index contributed by atoms with van der Waals surface area (Å²) in [4.78, 5) is 55.4. The third-order valence-electron chi connectivity index (χ3n) is 9.87. The van der Waals surface area contributed by atoms with Gasteiger partial charge in [0.1, 0.15) is 8.42 Å². The first-order valence-electron chi connectivity index (χ1n) is 20.3. The summed E-state index contributed by atoms with van der Waals surface area (Å²) in [6, 6.07) is 34.8. The molecule has 3 aromatic carbocycles. The molecule has 12 heteroatoms. The first kappa shape index (κ1) is 44.4. The molecule has 0 aliphatic rings. The predicted octanol–water partition coefficient (Wildman–Crippen LogP) is 10.2. The van der Waals surface area contributed by atoms with Crippen LogP contribution in [0.3, 0.4) is 0 Å². The number of ketones is 2. The standard InChI is InChI=1S/C50H46N2O6S4/c1-5-57-41(53)29-39-43(51-24-20-33(3)21-25-51)49(61-47(39)45(55)37-16-9-7-10-17-37)59-31-35-14-13-15-36(28-35)32-60-50-44(52-26-22-34(4)23-27-52)40(30-42(54)58-6-2)48(62-50)46(56)38-18-11-8-12-19-38/h7-28H,5-6,29-32H2,1-4H3/q+2. The monoisotopic (exact) mass is 898 g/mol. The molecule has 7 rings (SSSR count). The zero-order valence-electron chi connectivity index (χ0n) is 34.9. The molecular weight excluding hydrogens is 853 g/mol. The van der Waals surface area contributed by atoms with E-state index in [9.17, 15) is 19.2 Å². The lowest BCUT2D eigenvalue weighted by Crippen LogP contribution is -2.31. The Balaban J connectivity index is 1.21. The van der Waals surface area contributed by atoms with Crippen LogP contribution in [-0.4, -0.2) is 36.7 Å². The lowest BCUT2D eigenvalue weighted by Gasteiger charge is -2.07. The van der Waals surface area contributed by atoms with Crippen molar-refractivity contribution in [2.45, 2.75) is 60.5 Å². The number of esters is 2. The van der Waals surface area contributed by atoms with Gasteiger partial charge in [-0.05, 0) is 49.9 Å². The van der Waals surface area contributed by atoms with E-state index in [1.165, 1.54) is 22.7 Å². The Morgan fingerprint density at radius 1 is 0.532 bits per heavy atom. The van der Waals surface area contributed by atoms with E-state index in [1.807, 2.05) is 114 Å². The minimum atomic E-state index is -0.387. The smallest absolute Gasteiger partial charge is 0.310 e. The summed E-state index contributed by atoms with van der Waals surface area (Å²) < 4.78 is 16.6. The summed E-state index contributed by atoms with van der Waals surface area (Å²) in [6.07, 6.45) is 7.80. The molecular formula is C50H46N2O6S4+2. The van der Waals surface area contributed by atoms with E-state index in [0.29, 0.717) is 43.5 Å². The summed E-state index contributed by atoms with van der Waals surface area (Å²) in [5.74, 6) is 0.180. The molecule has 0 N–H and O–H groups in total. The van der Waals surface area contributed by atoms with Crippen molar-refractivity contribution < 1.29 is 37.8 Å². The average Bonchev–Trinajstić information content (AvgIpc) is 3.83. The SMILES string of the molecule is CCOC(=O)Cc1c(C(=O)c2ccccc2)sc(SCc2cccc(CSc3sc(C(=O)c4ccccc4)c(CC(=O)OCC)c3-[n+]3ccc(C)cc3)c2)c1-[n+]1ccc(C)cc1. The molecule has 8 nitrogen and oxygen atoms in total. The molecule has 0 aliphatic carbocycles. The summed E-state index contributed by atoms with van der Waals surface area (Å²) >= 11 is 6.08. The Kier molecular flexibility index (Phi) is 15.0. The molecule has 4 aromatic heterocycles. The maximum absolute atomic E-state index is 14.1. The Labute approximate surface area is 378 Å². The van der Waals surface area contributed by atoms with Crippen molar-refractivity contribution >= 4 is 69.7 Å². The van der Waals surface area contributed by atoms with E-state index < -0.39 is 0 Å². The van der Waals surface area contributed by atoms with E-state index in [4.69, 9.17) is 9.47 Å². The summed E-state index contributed by atoms with van der Waals surface area (Å²) in [5, 5.41) is 0. The fourth-order valence-electron chi connectivity index (χ4n) is 6.84. The Morgan fingerprint density at radius 2 is 0.919 bits per heavy atom. The number of hydrogen-bond acceptors (Lipinski definition) is 10. The maximum Gasteiger partial charge on any atom is 0.310 e. The van der Waals surface area contributed by atoms with Gasteiger partial charge in [0.2, 0.25) is 22.9 Å². The number of ether oxygens (including phenoxy) is 2. The van der Waals surface area contributed by atoms with E-state index in [0.717, 1.165) is 42.0 Å². The second kappa shape index (κ2) is 20.9. The van der Waals surface area contributed by atoms with Crippen LogP contribution in [0.2, 0.25) is 0 Å². The van der Waals surface area contributed by atoms with Gasteiger partial charge in [0.25, 0.3) is 0 Å². The molecule has 0 atom stereocenters. The number of thioether (sulfide) groups is 2. The third kappa shape index (κ3) is 10.7. The summed E-state index contributed by atoms with van der Waals surface area (Å²) in [7, 11) is 0. The molecule has 0 amide bonds. The molecule has 7 aromatic rings. The van der Waals surface area contributed by atoms with Gasteiger partial charge in [0.15, 0.2) is 24.8 Å². The van der Waals surface area contributed by atoms with Crippen molar-refractivity contribution in [3.8, 4) is 11.4 Å². The van der Waals surface area contributed by atoms with Crippen LogP contribution in [0, 0.1) is 13.8 Å². The number of aryl methyl sites for hydroxylation is 2. The summed E-state index contributed by atoms with van der Waals surface area (Å²) in [5.41, 5.74) is 8.38. The van der Waals surface area contributed by atoms with Crippen molar-refractivity contribution in [3.05, 3.63) is 188 Å². The zero-order valence-corrected chi connectivity index (χ0v) is 38.2. The Bertz CT molecular complexity index is 2510. The van der Waals surface area contributed by atoms with Crippen LogP contribution in [0.4, 0.5) is 0 Å². The number of nitrogens with zero attached hydrogens (tertiary/aromatic N) is 2. The molecule has 0 radical (unpaired) electrons. The average molecular weight is 899 g/mol. The van der Waals surface area contributed by atoms with Gasteiger partial charge < -0.3 is 9.47 Å². The number of thiophene rings is 2.